The molecule has 0 bridgehead atoms. The second kappa shape index (κ2) is 6.40. The van der Waals surface area contributed by atoms with Gasteiger partial charge in [-0.2, -0.15) is 0 Å². The van der Waals surface area contributed by atoms with Gasteiger partial charge >= 0.3 is 0 Å². The highest BCUT2D eigenvalue weighted by Crippen LogP contribution is 2.43. The van der Waals surface area contributed by atoms with Crippen molar-refractivity contribution in [1.82, 2.24) is 0 Å². The molecule has 3 heteroatoms. The van der Waals surface area contributed by atoms with E-state index in [0.29, 0.717) is 5.84 Å². The van der Waals surface area contributed by atoms with Crippen molar-refractivity contribution in [2.75, 3.05) is 0 Å². The maximum Gasteiger partial charge on any atom is 0.126 e. The van der Waals surface area contributed by atoms with Crippen molar-refractivity contribution < 1.29 is 0 Å². The van der Waals surface area contributed by atoms with E-state index in [1.165, 1.54) is 32.7 Å². The van der Waals surface area contributed by atoms with Gasteiger partial charge in [0.15, 0.2) is 0 Å². The molecule has 2 aromatic rings. The Bertz CT molecular complexity index is 851. The molecule has 124 valence electrons. The predicted molar refractivity (Wildman–Crippen MR) is 106 cm³/mol. The van der Waals surface area contributed by atoms with Gasteiger partial charge in [-0.15, -0.1) is 11.3 Å². The molecule has 1 aliphatic heterocycles. The van der Waals surface area contributed by atoms with Gasteiger partial charge in [0.1, 0.15) is 10.8 Å². The van der Waals surface area contributed by atoms with Crippen molar-refractivity contribution in [2.24, 2.45) is 16.6 Å². The Labute approximate surface area is 148 Å². The number of nitrogens with zero attached hydrogens (tertiary/aromatic N) is 1. The Kier molecular flexibility index (Phi) is 4.46. The average Bonchev–Trinajstić information content (AvgIpc) is 2.85. The molecule has 1 aromatic heterocycles. The highest BCUT2D eigenvalue weighted by molar-refractivity contribution is 7.16. The second-order valence-electron chi connectivity index (χ2n) is 6.41. The first-order chi connectivity index (χ1) is 11.4. The number of aliphatic imine (C=N–C) groups is 1. The summed E-state index contributed by atoms with van der Waals surface area (Å²) in [5.41, 5.74) is 13.4. The van der Waals surface area contributed by atoms with Crippen molar-refractivity contribution in [3.63, 3.8) is 0 Å². The zero-order chi connectivity index (χ0) is 17.4. The van der Waals surface area contributed by atoms with Gasteiger partial charge in [-0.1, -0.05) is 50.8 Å². The molecule has 1 atom stereocenters. The minimum absolute atomic E-state index is 0.0470. The Morgan fingerprint density at radius 1 is 1.21 bits per heavy atom. The van der Waals surface area contributed by atoms with Crippen molar-refractivity contribution in [1.29, 1.82) is 0 Å². The van der Waals surface area contributed by atoms with Crippen LogP contribution in [0.15, 0.2) is 47.5 Å². The fourth-order valence-corrected chi connectivity index (χ4v) is 4.00. The van der Waals surface area contributed by atoms with Crippen LogP contribution < -0.4 is 5.73 Å². The molecule has 2 heterocycles. The number of benzene rings is 1. The predicted octanol–water partition coefficient (Wildman–Crippen LogP) is 5.55. The lowest BCUT2D eigenvalue weighted by atomic mass is 9.89. The van der Waals surface area contributed by atoms with E-state index < -0.39 is 0 Å². The lowest BCUT2D eigenvalue weighted by Crippen LogP contribution is -2.22. The molecule has 0 fully saturated rings. The van der Waals surface area contributed by atoms with Crippen LogP contribution in [-0.4, -0.2) is 5.84 Å². The highest BCUT2D eigenvalue weighted by Gasteiger charge is 2.22. The van der Waals surface area contributed by atoms with Crippen LogP contribution in [-0.2, 0) is 6.42 Å². The van der Waals surface area contributed by atoms with Crippen LogP contribution in [0.4, 0.5) is 5.00 Å². The van der Waals surface area contributed by atoms with Crippen LogP contribution in [0.3, 0.4) is 0 Å². The monoisotopic (exact) mass is 336 g/mol. The number of thiophene rings is 1. The summed E-state index contributed by atoms with van der Waals surface area (Å²) in [5.74, 6) is 0.685. The standard InChI is InChI=1S/C21H24N2S/c1-6-16-7-9-17(10-8-16)18-11-12(2)13(3)20(22)23-21-19(18)14(4)15(5)24-21/h7-11,13H,2,6H2,1,3-5H3,(H2,22,23). The van der Waals surface area contributed by atoms with E-state index in [0.717, 1.165) is 17.0 Å². The lowest BCUT2D eigenvalue weighted by molar-refractivity contribution is 0.935. The number of fused-ring (bicyclic) bond motifs is 1. The number of nitrogens with two attached hydrogens (primary N) is 1. The molecule has 24 heavy (non-hydrogen) atoms. The topological polar surface area (TPSA) is 38.4 Å². The summed E-state index contributed by atoms with van der Waals surface area (Å²) < 4.78 is 0. The molecule has 0 radical (unpaired) electrons. The van der Waals surface area contributed by atoms with Crippen LogP contribution >= 0.6 is 11.3 Å². The Balaban J connectivity index is 2.25. The van der Waals surface area contributed by atoms with E-state index in [1.807, 2.05) is 0 Å². The summed E-state index contributed by atoms with van der Waals surface area (Å²) in [6.45, 7) is 12.8. The lowest BCUT2D eigenvalue weighted by Gasteiger charge is -2.18. The minimum Gasteiger partial charge on any atom is -0.387 e. The first-order valence-electron chi connectivity index (χ1n) is 8.36. The van der Waals surface area contributed by atoms with Crippen molar-refractivity contribution in [2.45, 2.75) is 34.1 Å². The number of hydrogen-bond donors (Lipinski definition) is 1. The summed E-state index contributed by atoms with van der Waals surface area (Å²) in [6.07, 6.45) is 3.23. The molecule has 3 rings (SSSR count). The molecular formula is C21H24N2S. The van der Waals surface area contributed by atoms with E-state index in [2.05, 4.69) is 64.6 Å². The van der Waals surface area contributed by atoms with E-state index in [-0.39, 0.29) is 5.92 Å². The number of allylic oxidation sites excluding steroid dienone is 1. The SMILES string of the molecule is C=C1C=C(c2ccc(CC)cc2)c2c(sc(C)c2C)/N=C(/N)C1C. The summed E-state index contributed by atoms with van der Waals surface area (Å²) in [6, 6.07) is 8.81. The van der Waals surface area contributed by atoms with Crippen LogP contribution in [0.1, 0.15) is 41.0 Å². The van der Waals surface area contributed by atoms with Gasteiger partial charge in [0.2, 0.25) is 0 Å². The summed E-state index contributed by atoms with van der Waals surface area (Å²) in [4.78, 5) is 6.02. The van der Waals surface area contributed by atoms with Gasteiger partial charge in [-0.05, 0) is 48.1 Å². The summed E-state index contributed by atoms with van der Waals surface area (Å²) in [7, 11) is 0. The smallest absolute Gasteiger partial charge is 0.126 e. The molecule has 1 aromatic carbocycles. The van der Waals surface area contributed by atoms with Gasteiger partial charge in [0.25, 0.3) is 0 Å². The van der Waals surface area contributed by atoms with Gasteiger partial charge in [-0.3, -0.25) is 0 Å². The normalized spacial score (nSPS) is 19.8. The fourth-order valence-electron chi connectivity index (χ4n) is 2.94. The third-order valence-corrected chi connectivity index (χ3v) is 5.97. The zero-order valence-electron chi connectivity index (χ0n) is 14.8. The van der Waals surface area contributed by atoms with Crippen LogP contribution in [0, 0.1) is 19.8 Å². The van der Waals surface area contributed by atoms with E-state index in [9.17, 15) is 0 Å². The van der Waals surface area contributed by atoms with Gasteiger partial charge in [0.05, 0.1) is 0 Å². The Hall–Kier alpha value is -2.13. The largest absolute Gasteiger partial charge is 0.387 e. The third kappa shape index (κ3) is 2.84. The summed E-state index contributed by atoms with van der Waals surface area (Å²) in [5, 5.41) is 1.01. The van der Waals surface area contributed by atoms with Gasteiger partial charge in [0, 0.05) is 16.4 Å². The average molecular weight is 337 g/mol. The molecule has 0 aliphatic carbocycles. The Morgan fingerprint density at radius 2 is 1.88 bits per heavy atom. The van der Waals surface area contributed by atoms with Crippen molar-refractivity contribution in [3.8, 4) is 0 Å². The quantitative estimate of drug-likeness (QED) is 0.766. The maximum atomic E-state index is 6.20. The fraction of sp³-hybridized carbons (Fsp3) is 0.286. The number of amidine groups is 1. The summed E-state index contributed by atoms with van der Waals surface area (Å²) >= 11 is 1.71. The number of hydrogen-bond acceptors (Lipinski definition) is 3. The molecule has 2 N–H and O–H groups in total. The molecule has 2 nitrogen and oxygen atoms in total. The van der Waals surface area contributed by atoms with E-state index in [1.54, 1.807) is 11.3 Å². The van der Waals surface area contributed by atoms with Crippen LogP contribution in [0.2, 0.25) is 0 Å². The number of rotatable bonds is 2. The first kappa shape index (κ1) is 16.7. The minimum atomic E-state index is 0.0470. The second-order valence-corrected chi connectivity index (χ2v) is 7.61. The molecule has 1 unspecified atom stereocenters. The highest BCUT2D eigenvalue weighted by atomic mass is 32.1. The van der Waals surface area contributed by atoms with Crippen LogP contribution in [0.25, 0.3) is 5.57 Å². The number of aryl methyl sites for hydroxylation is 2. The molecule has 0 amide bonds. The zero-order valence-corrected chi connectivity index (χ0v) is 15.6. The molecule has 0 saturated carbocycles. The van der Waals surface area contributed by atoms with Crippen LogP contribution in [0.5, 0.6) is 0 Å². The molecular weight excluding hydrogens is 312 g/mol. The first-order valence-corrected chi connectivity index (χ1v) is 9.18. The Morgan fingerprint density at radius 3 is 2.50 bits per heavy atom. The van der Waals surface area contributed by atoms with Crippen molar-refractivity contribution >= 4 is 27.7 Å². The molecule has 0 saturated heterocycles. The van der Waals surface area contributed by atoms with Gasteiger partial charge in [-0.25, -0.2) is 4.99 Å². The van der Waals surface area contributed by atoms with Gasteiger partial charge < -0.3 is 5.73 Å². The molecule has 0 spiro atoms. The maximum absolute atomic E-state index is 6.20. The third-order valence-electron chi connectivity index (χ3n) is 4.87. The van der Waals surface area contributed by atoms with E-state index >= 15 is 0 Å². The van der Waals surface area contributed by atoms with E-state index in [4.69, 9.17) is 10.7 Å². The molecule has 1 aliphatic rings. The van der Waals surface area contributed by atoms with Crippen molar-refractivity contribution in [3.05, 3.63) is 69.6 Å².